The minimum absolute atomic E-state index is 0.0356. The molecule has 1 aromatic heterocycles. The molecule has 0 bridgehead atoms. The number of aryl methyl sites for hydroxylation is 1. The number of fused-ring (bicyclic) bond motifs is 1. The van der Waals surface area contributed by atoms with Crippen LogP contribution in [-0.4, -0.2) is 25.9 Å². The highest BCUT2D eigenvalue weighted by Gasteiger charge is 2.30. The van der Waals surface area contributed by atoms with Crippen molar-refractivity contribution in [3.8, 4) is 5.75 Å². The second-order valence-electron chi connectivity index (χ2n) is 5.85. The molecule has 2 heterocycles. The minimum atomic E-state index is -3.01. The van der Waals surface area contributed by atoms with Gasteiger partial charge >= 0.3 is 11.6 Å². The van der Waals surface area contributed by atoms with Crippen LogP contribution in [0.5, 0.6) is 5.75 Å². The first-order valence-corrected chi connectivity index (χ1v) is 9.10. The van der Waals surface area contributed by atoms with E-state index in [0.717, 1.165) is 10.9 Å². The third kappa shape index (κ3) is 3.61. The predicted octanol–water partition coefficient (Wildman–Crippen LogP) is 1.83. The lowest BCUT2D eigenvalue weighted by atomic mass is 10.1. The van der Waals surface area contributed by atoms with Gasteiger partial charge in [-0.15, -0.1) is 0 Å². The standard InChI is InChI=1S/C16H16O6S/c1-10-6-15(17)22-14-8-12(2-3-13(10)14)21-16(18)7-11-4-5-23(19,20)9-11/h2-3,6,8,11H,4-5,7,9H2,1H3/t11-/m0/s1. The van der Waals surface area contributed by atoms with Gasteiger partial charge in [-0.05, 0) is 37.0 Å². The summed E-state index contributed by atoms with van der Waals surface area (Å²) >= 11 is 0. The zero-order valence-electron chi connectivity index (χ0n) is 12.6. The van der Waals surface area contributed by atoms with Gasteiger partial charge in [-0.2, -0.15) is 0 Å². The van der Waals surface area contributed by atoms with Crippen LogP contribution in [0.4, 0.5) is 0 Å². The molecule has 23 heavy (non-hydrogen) atoms. The Balaban J connectivity index is 1.74. The topological polar surface area (TPSA) is 90.7 Å². The summed E-state index contributed by atoms with van der Waals surface area (Å²) in [6.07, 6.45) is 0.554. The molecule has 0 radical (unpaired) electrons. The highest BCUT2D eigenvalue weighted by atomic mass is 32.2. The Bertz CT molecular complexity index is 925. The first kappa shape index (κ1) is 15.7. The number of ether oxygens (including phenoxy) is 1. The Labute approximate surface area is 133 Å². The summed E-state index contributed by atoms with van der Waals surface area (Å²) in [4.78, 5) is 23.3. The maximum Gasteiger partial charge on any atom is 0.336 e. The van der Waals surface area contributed by atoms with Gasteiger partial charge in [-0.3, -0.25) is 4.79 Å². The molecule has 1 saturated heterocycles. The lowest BCUT2D eigenvalue weighted by Crippen LogP contribution is -2.15. The molecule has 0 amide bonds. The second kappa shape index (κ2) is 5.81. The van der Waals surface area contributed by atoms with Crippen LogP contribution in [0.2, 0.25) is 0 Å². The van der Waals surface area contributed by atoms with Crippen LogP contribution in [0.15, 0.2) is 33.5 Å². The van der Waals surface area contributed by atoms with E-state index in [0.29, 0.717) is 12.0 Å². The van der Waals surface area contributed by atoms with Crippen molar-refractivity contribution in [2.24, 2.45) is 5.92 Å². The second-order valence-corrected chi connectivity index (χ2v) is 8.08. The van der Waals surface area contributed by atoms with Gasteiger partial charge in [0.15, 0.2) is 9.84 Å². The number of carbonyl (C=O) groups is 1. The van der Waals surface area contributed by atoms with Crippen LogP contribution in [0, 0.1) is 12.8 Å². The van der Waals surface area contributed by atoms with Crippen molar-refractivity contribution < 1.29 is 22.4 Å². The average molecular weight is 336 g/mol. The molecule has 1 aliphatic rings. The van der Waals surface area contributed by atoms with E-state index in [1.807, 2.05) is 0 Å². The molecule has 0 aliphatic carbocycles. The van der Waals surface area contributed by atoms with Gasteiger partial charge in [0.05, 0.1) is 11.5 Å². The molecular formula is C16H16O6S. The Morgan fingerprint density at radius 3 is 2.83 bits per heavy atom. The number of hydrogen-bond acceptors (Lipinski definition) is 6. The summed E-state index contributed by atoms with van der Waals surface area (Å²) in [6.45, 7) is 1.80. The van der Waals surface area contributed by atoms with E-state index < -0.39 is 21.4 Å². The SMILES string of the molecule is Cc1cc(=O)oc2cc(OC(=O)C[C@@H]3CCS(=O)(=O)C3)ccc12. The third-order valence-corrected chi connectivity index (χ3v) is 5.77. The molecule has 6 nitrogen and oxygen atoms in total. The first-order chi connectivity index (χ1) is 10.8. The van der Waals surface area contributed by atoms with Gasteiger partial charge in [0.25, 0.3) is 0 Å². The third-order valence-electron chi connectivity index (χ3n) is 3.94. The maximum atomic E-state index is 11.9. The number of benzene rings is 1. The number of carbonyl (C=O) groups excluding carboxylic acids is 1. The lowest BCUT2D eigenvalue weighted by Gasteiger charge is -2.08. The highest BCUT2D eigenvalue weighted by Crippen LogP contribution is 2.25. The largest absolute Gasteiger partial charge is 0.426 e. The van der Waals surface area contributed by atoms with Crippen LogP contribution < -0.4 is 10.4 Å². The molecule has 0 unspecified atom stereocenters. The first-order valence-electron chi connectivity index (χ1n) is 7.28. The van der Waals surface area contributed by atoms with Crippen molar-refractivity contribution in [1.29, 1.82) is 0 Å². The van der Waals surface area contributed by atoms with Gasteiger partial charge in [-0.25, -0.2) is 13.2 Å². The maximum absolute atomic E-state index is 11.9. The fourth-order valence-electron chi connectivity index (χ4n) is 2.81. The predicted molar refractivity (Wildman–Crippen MR) is 84.2 cm³/mol. The molecule has 0 N–H and O–H groups in total. The van der Waals surface area contributed by atoms with E-state index in [9.17, 15) is 18.0 Å². The summed E-state index contributed by atoms with van der Waals surface area (Å²) in [5, 5.41) is 0.770. The number of sulfone groups is 1. The van der Waals surface area contributed by atoms with Gasteiger partial charge in [0.2, 0.25) is 0 Å². The smallest absolute Gasteiger partial charge is 0.336 e. The van der Waals surface area contributed by atoms with Crippen molar-refractivity contribution in [2.45, 2.75) is 19.8 Å². The molecule has 2 aromatic rings. The van der Waals surface area contributed by atoms with Crippen LogP contribution in [0.25, 0.3) is 11.0 Å². The monoisotopic (exact) mass is 336 g/mol. The Morgan fingerprint density at radius 2 is 2.13 bits per heavy atom. The molecule has 0 spiro atoms. The lowest BCUT2D eigenvalue weighted by molar-refractivity contribution is -0.135. The minimum Gasteiger partial charge on any atom is -0.426 e. The molecular weight excluding hydrogens is 320 g/mol. The molecule has 122 valence electrons. The zero-order chi connectivity index (χ0) is 16.6. The van der Waals surface area contributed by atoms with E-state index in [2.05, 4.69) is 0 Å². The normalized spacial score (nSPS) is 19.8. The van der Waals surface area contributed by atoms with E-state index in [1.54, 1.807) is 19.1 Å². The Hall–Kier alpha value is -2.15. The number of hydrogen-bond donors (Lipinski definition) is 0. The summed E-state index contributed by atoms with van der Waals surface area (Å²) < 4.78 is 33.1. The fraction of sp³-hybridized carbons (Fsp3) is 0.375. The molecule has 1 fully saturated rings. The van der Waals surface area contributed by atoms with Crippen molar-refractivity contribution in [1.82, 2.24) is 0 Å². The Morgan fingerprint density at radius 1 is 1.35 bits per heavy atom. The van der Waals surface area contributed by atoms with E-state index in [-0.39, 0.29) is 29.6 Å². The van der Waals surface area contributed by atoms with Gasteiger partial charge in [-0.1, -0.05) is 0 Å². The van der Waals surface area contributed by atoms with Crippen molar-refractivity contribution >= 4 is 26.8 Å². The average Bonchev–Trinajstić information content (AvgIpc) is 2.76. The van der Waals surface area contributed by atoms with E-state index in [1.165, 1.54) is 12.1 Å². The fourth-order valence-corrected chi connectivity index (χ4v) is 4.67. The molecule has 1 aliphatic heterocycles. The molecule has 1 atom stereocenters. The van der Waals surface area contributed by atoms with E-state index >= 15 is 0 Å². The summed E-state index contributed by atoms with van der Waals surface area (Å²) in [7, 11) is -3.01. The molecule has 3 rings (SSSR count). The summed E-state index contributed by atoms with van der Waals surface area (Å²) in [5.74, 6) is -0.231. The molecule has 0 saturated carbocycles. The Kier molecular flexibility index (Phi) is 3.97. The quantitative estimate of drug-likeness (QED) is 0.482. The van der Waals surface area contributed by atoms with Crippen molar-refractivity contribution in [3.63, 3.8) is 0 Å². The van der Waals surface area contributed by atoms with Crippen LogP contribution in [0.1, 0.15) is 18.4 Å². The van der Waals surface area contributed by atoms with Gasteiger partial charge in [0.1, 0.15) is 11.3 Å². The number of esters is 1. The van der Waals surface area contributed by atoms with Crippen LogP contribution in [-0.2, 0) is 14.6 Å². The summed E-state index contributed by atoms with van der Waals surface area (Å²) in [6, 6.07) is 6.23. The van der Waals surface area contributed by atoms with Crippen molar-refractivity contribution in [2.75, 3.05) is 11.5 Å². The van der Waals surface area contributed by atoms with Crippen LogP contribution >= 0.6 is 0 Å². The van der Waals surface area contributed by atoms with E-state index in [4.69, 9.17) is 9.15 Å². The van der Waals surface area contributed by atoms with Crippen molar-refractivity contribution in [3.05, 3.63) is 40.2 Å². The van der Waals surface area contributed by atoms with Crippen LogP contribution in [0.3, 0.4) is 0 Å². The highest BCUT2D eigenvalue weighted by molar-refractivity contribution is 7.91. The number of rotatable bonds is 3. The van der Waals surface area contributed by atoms with Gasteiger partial charge < -0.3 is 9.15 Å². The van der Waals surface area contributed by atoms with Gasteiger partial charge in [0, 0.05) is 23.9 Å². The summed E-state index contributed by atoms with van der Waals surface area (Å²) in [5.41, 5.74) is 0.670. The zero-order valence-corrected chi connectivity index (χ0v) is 13.4. The molecule has 1 aromatic carbocycles. The molecule has 7 heteroatoms.